The van der Waals surface area contributed by atoms with Crippen LogP contribution in [0.1, 0.15) is 30.9 Å². The molecule has 0 amide bonds. The van der Waals surface area contributed by atoms with E-state index in [1.54, 1.807) is 12.1 Å². The highest BCUT2D eigenvalue weighted by atomic mass is 19.1. The third kappa shape index (κ3) is 3.03. The number of halogens is 1. The first-order valence-electron chi connectivity index (χ1n) is 5.88. The molecular formula is C13H16FNO2. The van der Waals surface area contributed by atoms with Crippen LogP contribution in [0, 0.1) is 5.82 Å². The lowest BCUT2D eigenvalue weighted by Gasteiger charge is -2.24. The zero-order valence-electron chi connectivity index (χ0n) is 9.60. The van der Waals surface area contributed by atoms with Crippen LogP contribution in [0.15, 0.2) is 24.3 Å². The van der Waals surface area contributed by atoms with Crippen molar-refractivity contribution in [3.8, 4) is 0 Å². The van der Waals surface area contributed by atoms with E-state index < -0.39 is 5.97 Å². The lowest BCUT2D eigenvalue weighted by molar-refractivity contribution is -0.137. The number of rotatable bonds is 4. The number of hydrogen-bond acceptors (Lipinski definition) is 2. The minimum absolute atomic E-state index is 0.145. The molecule has 1 aliphatic rings. The Hall–Kier alpha value is -1.42. The van der Waals surface area contributed by atoms with Crippen molar-refractivity contribution in [1.29, 1.82) is 0 Å². The van der Waals surface area contributed by atoms with Gasteiger partial charge in [-0.25, -0.2) is 4.39 Å². The summed E-state index contributed by atoms with van der Waals surface area (Å²) >= 11 is 0. The SMILES string of the molecule is O=C(O)CCN1CCC[C@H]1c1cccc(F)c1. The summed E-state index contributed by atoms with van der Waals surface area (Å²) in [5.41, 5.74) is 0.952. The Morgan fingerprint density at radius 3 is 3.06 bits per heavy atom. The first kappa shape index (κ1) is 12.0. The molecular weight excluding hydrogens is 221 g/mol. The van der Waals surface area contributed by atoms with Gasteiger partial charge < -0.3 is 5.11 Å². The Bertz CT molecular complexity index is 408. The molecule has 1 aliphatic heterocycles. The maximum Gasteiger partial charge on any atom is 0.304 e. The van der Waals surface area contributed by atoms with Gasteiger partial charge in [-0.05, 0) is 37.1 Å². The first-order valence-corrected chi connectivity index (χ1v) is 5.88. The topological polar surface area (TPSA) is 40.5 Å². The Morgan fingerprint density at radius 2 is 2.35 bits per heavy atom. The van der Waals surface area contributed by atoms with Gasteiger partial charge in [0.2, 0.25) is 0 Å². The molecule has 1 N–H and O–H groups in total. The average Bonchev–Trinajstić information content (AvgIpc) is 2.74. The Labute approximate surface area is 99.9 Å². The Balaban J connectivity index is 2.06. The molecule has 17 heavy (non-hydrogen) atoms. The molecule has 0 aromatic heterocycles. The number of likely N-dealkylation sites (tertiary alicyclic amines) is 1. The molecule has 0 spiro atoms. The highest BCUT2D eigenvalue weighted by Crippen LogP contribution is 2.31. The minimum Gasteiger partial charge on any atom is -0.481 e. The zero-order chi connectivity index (χ0) is 12.3. The van der Waals surface area contributed by atoms with Crippen LogP contribution in [0.3, 0.4) is 0 Å². The number of aliphatic carboxylic acids is 1. The van der Waals surface area contributed by atoms with Gasteiger partial charge in [0, 0.05) is 12.6 Å². The third-order valence-corrected chi connectivity index (χ3v) is 3.21. The van der Waals surface area contributed by atoms with Crippen LogP contribution < -0.4 is 0 Å². The van der Waals surface area contributed by atoms with E-state index in [1.165, 1.54) is 6.07 Å². The normalized spacial score (nSPS) is 20.6. The fourth-order valence-electron chi connectivity index (χ4n) is 2.42. The van der Waals surface area contributed by atoms with E-state index in [1.807, 2.05) is 6.07 Å². The number of carboxylic acid groups (broad SMARTS) is 1. The van der Waals surface area contributed by atoms with Gasteiger partial charge in [-0.2, -0.15) is 0 Å². The summed E-state index contributed by atoms with van der Waals surface area (Å²) in [5.74, 6) is -1.01. The Kier molecular flexibility index (Phi) is 3.74. The van der Waals surface area contributed by atoms with Gasteiger partial charge in [0.1, 0.15) is 5.82 Å². The van der Waals surface area contributed by atoms with Crippen LogP contribution in [-0.4, -0.2) is 29.1 Å². The van der Waals surface area contributed by atoms with Gasteiger partial charge >= 0.3 is 5.97 Å². The maximum atomic E-state index is 13.1. The van der Waals surface area contributed by atoms with Crippen LogP contribution in [0.4, 0.5) is 4.39 Å². The molecule has 1 fully saturated rings. The van der Waals surface area contributed by atoms with E-state index in [0.29, 0.717) is 6.54 Å². The van der Waals surface area contributed by atoms with Crippen molar-refractivity contribution < 1.29 is 14.3 Å². The monoisotopic (exact) mass is 237 g/mol. The lowest BCUT2D eigenvalue weighted by Crippen LogP contribution is -2.26. The summed E-state index contributed by atoms with van der Waals surface area (Å²) in [6.07, 6.45) is 2.16. The standard InChI is InChI=1S/C13H16FNO2/c14-11-4-1-3-10(9-11)12-5-2-7-15(12)8-6-13(16)17/h1,3-4,9,12H,2,5-8H2,(H,16,17)/t12-/m0/s1. The molecule has 2 rings (SSSR count). The van der Waals surface area contributed by atoms with Crippen LogP contribution in [0.2, 0.25) is 0 Å². The fraction of sp³-hybridized carbons (Fsp3) is 0.462. The van der Waals surface area contributed by atoms with Gasteiger partial charge in [0.25, 0.3) is 0 Å². The summed E-state index contributed by atoms with van der Waals surface area (Å²) in [6.45, 7) is 1.44. The summed E-state index contributed by atoms with van der Waals surface area (Å²) in [5, 5.41) is 8.69. The van der Waals surface area contributed by atoms with E-state index in [9.17, 15) is 9.18 Å². The van der Waals surface area contributed by atoms with E-state index in [2.05, 4.69) is 4.90 Å². The number of carbonyl (C=O) groups is 1. The van der Waals surface area contributed by atoms with Crippen molar-refractivity contribution in [2.45, 2.75) is 25.3 Å². The molecule has 0 radical (unpaired) electrons. The average molecular weight is 237 g/mol. The Morgan fingerprint density at radius 1 is 1.53 bits per heavy atom. The molecule has 1 saturated heterocycles. The van der Waals surface area contributed by atoms with E-state index >= 15 is 0 Å². The molecule has 0 aliphatic carbocycles. The largest absolute Gasteiger partial charge is 0.481 e. The summed E-state index contributed by atoms with van der Waals surface area (Å²) in [6, 6.07) is 6.76. The molecule has 1 aromatic carbocycles. The third-order valence-electron chi connectivity index (χ3n) is 3.21. The van der Waals surface area contributed by atoms with Gasteiger partial charge in [0.15, 0.2) is 0 Å². The zero-order valence-corrected chi connectivity index (χ0v) is 9.60. The van der Waals surface area contributed by atoms with Gasteiger partial charge in [-0.1, -0.05) is 12.1 Å². The van der Waals surface area contributed by atoms with E-state index in [4.69, 9.17) is 5.11 Å². The van der Waals surface area contributed by atoms with Gasteiger partial charge in [0.05, 0.1) is 6.42 Å². The molecule has 92 valence electrons. The highest BCUT2D eigenvalue weighted by molar-refractivity contribution is 5.66. The van der Waals surface area contributed by atoms with Gasteiger partial charge in [-0.15, -0.1) is 0 Å². The maximum absolute atomic E-state index is 13.1. The van der Waals surface area contributed by atoms with Gasteiger partial charge in [-0.3, -0.25) is 9.69 Å². The van der Waals surface area contributed by atoms with Crippen LogP contribution in [-0.2, 0) is 4.79 Å². The predicted molar refractivity (Wildman–Crippen MR) is 62.2 cm³/mol. The van der Waals surface area contributed by atoms with E-state index in [0.717, 1.165) is 24.9 Å². The summed E-state index contributed by atoms with van der Waals surface area (Å²) in [7, 11) is 0. The number of carboxylic acids is 1. The second-order valence-corrected chi connectivity index (χ2v) is 4.39. The van der Waals surface area contributed by atoms with Crippen LogP contribution in [0.5, 0.6) is 0 Å². The van der Waals surface area contributed by atoms with Crippen molar-refractivity contribution in [2.24, 2.45) is 0 Å². The lowest BCUT2D eigenvalue weighted by atomic mass is 10.0. The first-order chi connectivity index (χ1) is 8.16. The smallest absolute Gasteiger partial charge is 0.304 e. The van der Waals surface area contributed by atoms with Crippen molar-refractivity contribution in [3.63, 3.8) is 0 Å². The van der Waals surface area contributed by atoms with Crippen LogP contribution >= 0.6 is 0 Å². The molecule has 0 bridgehead atoms. The highest BCUT2D eigenvalue weighted by Gasteiger charge is 2.26. The molecule has 3 nitrogen and oxygen atoms in total. The predicted octanol–water partition coefficient (Wildman–Crippen LogP) is 2.44. The quantitative estimate of drug-likeness (QED) is 0.874. The van der Waals surface area contributed by atoms with Crippen molar-refractivity contribution in [1.82, 2.24) is 4.90 Å². The van der Waals surface area contributed by atoms with Crippen molar-refractivity contribution in [3.05, 3.63) is 35.6 Å². The molecule has 0 unspecified atom stereocenters. The van der Waals surface area contributed by atoms with Crippen molar-refractivity contribution >= 4 is 5.97 Å². The number of hydrogen-bond donors (Lipinski definition) is 1. The molecule has 0 saturated carbocycles. The second kappa shape index (κ2) is 5.27. The number of nitrogens with zero attached hydrogens (tertiary/aromatic N) is 1. The summed E-state index contributed by atoms with van der Waals surface area (Å²) in [4.78, 5) is 12.7. The molecule has 1 atom stereocenters. The minimum atomic E-state index is -0.783. The number of benzene rings is 1. The fourth-order valence-corrected chi connectivity index (χ4v) is 2.42. The molecule has 4 heteroatoms. The molecule has 1 aromatic rings. The van der Waals surface area contributed by atoms with E-state index in [-0.39, 0.29) is 18.3 Å². The second-order valence-electron chi connectivity index (χ2n) is 4.39. The summed E-state index contributed by atoms with van der Waals surface area (Å²) < 4.78 is 13.1. The van der Waals surface area contributed by atoms with Crippen LogP contribution in [0.25, 0.3) is 0 Å². The van der Waals surface area contributed by atoms with Crippen molar-refractivity contribution in [2.75, 3.05) is 13.1 Å². The molecule has 1 heterocycles.